The van der Waals surface area contributed by atoms with Gasteiger partial charge in [0.1, 0.15) is 0 Å². The zero-order valence-electron chi connectivity index (χ0n) is 9.69. The van der Waals surface area contributed by atoms with Crippen molar-refractivity contribution in [3.63, 3.8) is 0 Å². The highest BCUT2D eigenvalue weighted by molar-refractivity contribution is 6.31. The summed E-state index contributed by atoms with van der Waals surface area (Å²) in [5, 5.41) is 3.66. The van der Waals surface area contributed by atoms with E-state index < -0.39 is 5.91 Å². The van der Waals surface area contributed by atoms with Gasteiger partial charge in [0.05, 0.1) is 6.54 Å². The van der Waals surface area contributed by atoms with Crippen LogP contribution in [0, 0.1) is 0 Å². The average Bonchev–Trinajstić information content (AvgIpc) is 2.38. The Balaban J connectivity index is 2.38. The molecule has 0 aliphatic carbocycles. The molecule has 0 aliphatic heterocycles. The molecule has 0 saturated heterocycles. The summed E-state index contributed by atoms with van der Waals surface area (Å²) in [6.07, 6.45) is 0. The Bertz CT molecular complexity index is 555. The number of benzene rings is 2. The lowest BCUT2D eigenvalue weighted by Gasteiger charge is -2.11. The molecule has 0 radical (unpaired) electrons. The van der Waals surface area contributed by atoms with E-state index in [1.807, 2.05) is 42.5 Å². The van der Waals surface area contributed by atoms with Crippen LogP contribution in [0.3, 0.4) is 0 Å². The Hall–Kier alpha value is -2.00. The summed E-state index contributed by atoms with van der Waals surface area (Å²) < 4.78 is 0. The van der Waals surface area contributed by atoms with Gasteiger partial charge in [-0.3, -0.25) is 4.79 Å². The van der Waals surface area contributed by atoms with Crippen LogP contribution in [-0.2, 0) is 4.79 Å². The molecule has 18 heavy (non-hydrogen) atoms. The highest BCUT2D eigenvalue weighted by Gasteiger charge is 2.06. The third-order valence-electron chi connectivity index (χ3n) is 2.52. The highest BCUT2D eigenvalue weighted by Crippen LogP contribution is 2.30. The lowest BCUT2D eigenvalue weighted by molar-refractivity contribution is -0.116. The second kappa shape index (κ2) is 5.56. The molecule has 3 nitrogen and oxygen atoms in total. The van der Waals surface area contributed by atoms with Gasteiger partial charge in [-0.1, -0.05) is 41.9 Å². The van der Waals surface area contributed by atoms with Gasteiger partial charge in [0.25, 0.3) is 0 Å². The lowest BCUT2D eigenvalue weighted by Crippen LogP contribution is -2.22. The molecular formula is C14H13ClN2O. The molecule has 92 valence electrons. The molecule has 3 N–H and O–H groups in total. The van der Waals surface area contributed by atoms with Crippen LogP contribution >= 0.6 is 11.6 Å². The van der Waals surface area contributed by atoms with E-state index >= 15 is 0 Å². The summed E-state index contributed by atoms with van der Waals surface area (Å²) in [4.78, 5) is 10.8. The third-order valence-corrected chi connectivity index (χ3v) is 2.75. The number of anilines is 1. The minimum absolute atomic E-state index is 0.0987. The van der Waals surface area contributed by atoms with Gasteiger partial charge in [0.2, 0.25) is 5.91 Å². The van der Waals surface area contributed by atoms with Crippen molar-refractivity contribution in [2.24, 2.45) is 5.73 Å². The maximum absolute atomic E-state index is 10.8. The quantitative estimate of drug-likeness (QED) is 0.888. The summed E-state index contributed by atoms with van der Waals surface area (Å²) >= 11 is 6.01. The van der Waals surface area contributed by atoms with Gasteiger partial charge in [-0.2, -0.15) is 0 Å². The van der Waals surface area contributed by atoms with Crippen molar-refractivity contribution in [3.8, 4) is 11.1 Å². The minimum atomic E-state index is -0.399. The first-order chi connectivity index (χ1) is 8.66. The van der Waals surface area contributed by atoms with Crippen molar-refractivity contribution in [2.45, 2.75) is 0 Å². The van der Waals surface area contributed by atoms with Crippen molar-refractivity contribution < 1.29 is 4.79 Å². The van der Waals surface area contributed by atoms with Gasteiger partial charge >= 0.3 is 0 Å². The highest BCUT2D eigenvalue weighted by atomic mass is 35.5. The first-order valence-corrected chi connectivity index (χ1v) is 5.92. The molecule has 0 fully saturated rings. The van der Waals surface area contributed by atoms with Crippen LogP contribution in [0.15, 0.2) is 48.5 Å². The standard InChI is InChI=1S/C14H13ClN2O/c15-11-6-7-13(17-9-14(16)18)12(8-11)10-4-2-1-3-5-10/h1-8,17H,9H2,(H2,16,18). The molecule has 1 amide bonds. The van der Waals surface area contributed by atoms with Crippen LogP contribution in [-0.4, -0.2) is 12.5 Å². The van der Waals surface area contributed by atoms with Crippen LogP contribution in [0.2, 0.25) is 5.02 Å². The zero-order chi connectivity index (χ0) is 13.0. The van der Waals surface area contributed by atoms with Crippen LogP contribution in [0.25, 0.3) is 11.1 Å². The summed E-state index contributed by atoms with van der Waals surface area (Å²) in [6, 6.07) is 15.3. The maximum atomic E-state index is 10.8. The van der Waals surface area contributed by atoms with E-state index in [0.717, 1.165) is 16.8 Å². The van der Waals surface area contributed by atoms with Gasteiger partial charge in [-0.15, -0.1) is 0 Å². The van der Waals surface area contributed by atoms with E-state index in [2.05, 4.69) is 5.32 Å². The number of halogens is 1. The zero-order valence-corrected chi connectivity index (χ0v) is 10.4. The van der Waals surface area contributed by atoms with E-state index in [0.29, 0.717) is 5.02 Å². The van der Waals surface area contributed by atoms with Crippen molar-refractivity contribution in [3.05, 3.63) is 53.6 Å². The number of nitrogens with one attached hydrogen (secondary N) is 1. The number of primary amides is 1. The fourth-order valence-electron chi connectivity index (χ4n) is 1.71. The molecule has 0 heterocycles. The fraction of sp³-hybridized carbons (Fsp3) is 0.0714. The molecule has 2 rings (SSSR count). The topological polar surface area (TPSA) is 55.1 Å². The van der Waals surface area contributed by atoms with E-state index in [1.54, 1.807) is 6.07 Å². The monoisotopic (exact) mass is 260 g/mol. The van der Waals surface area contributed by atoms with Crippen molar-refractivity contribution in [2.75, 3.05) is 11.9 Å². The summed E-state index contributed by atoms with van der Waals surface area (Å²) in [5.74, 6) is -0.399. The lowest BCUT2D eigenvalue weighted by atomic mass is 10.0. The molecule has 0 saturated carbocycles. The smallest absolute Gasteiger partial charge is 0.236 e. The second-order valence-corrected chi connectivity index (χ2v) is 4.31. The minimum Gasteiger partial charge on any atom is -0.376 e. The molecule has 2 aromatic rings. The van der Waals surface area contributed by atoms with Gasteiger partial charge in [0.15, 0.2) is 0 Å². The SMILES string of the molecule is NC(=O)CNc1ccc(Cl)cc1-c1ccccc1. The first kappa shape index (κ1) is 12.5. The molecule has 0 bridgehead atoms. The van der Waals surface area contributed by atoms with Crippen LogP contribution < -0.4 is 11.1 Å². The van der Waals surface area contributed by atoms with E-state index in [1.165, 1.54) is 0 Å². The van der Waals surface area contributed by atoms with Crippen molar-refractivity contribution in [1.29, 1.82) is 0 Å². The molecule has 0 aromatic heterocycles. The Morgan fingerprint density at radius 1 is 1.17 bits per heavy atom. The van der Waals surface area contributed by atoms with E-state index in [-0.39, 0.29) is 6.54 Å². The molecular weight excluding hydrogens is 248 g/mol. The maximum Gasteiger partial charge on any atom is 0.236 e. The van der Waals surface area contributed by atoms with Gasteiger partial charge in [0, 0.05) is 16.3 Å². The Morgan fingerprint density at radius 2 is 1.89 bits per heavy atom. The number of rotatable bonds is 4. The number of carbonyl (C=O) groups is 1. The number of amides is 1. The number of nitrogens with two attached hydrogens (primary N) is 1. The van der Waals surface area contributed by atoms with E-state index in [4.69, 9.17) is 17.3 Å². The summed E-state index contributed by atoms with van der Waals surface area (Å²) in [5.41, 5.74) is 7.95. The molecule has 0 aliphatic rings. The molecule has 0 unspecified atom stereocenters. The first-order valence-electron chi connectivity index (χ1n) is 5.54. The number of hydrogen-bond donors (Lipinski definition) is 2. The predicted molar refractivity (Wildman–Crippen MR) is 74.6 cm³/mol. The van der Waals surface area contributed by atoms with Crippen molar-refractivity contribution in [1.82, 2.24) is 0 Å². The molecule has 0 atom stereocenters. The van der Waals surface area contributed by atoms with Gasteiger partial charge < -0.3 is 11.1 Å². The van der Waals surface area contributed by atoms with Crippen LogP contribution in [0.4, 0.5) is 5.69 Å². The Labute approximate surface area is 111 Å². The molecule has 0 spiro atoms. The van der Waals surface area contributed by atoms with Crippen LogP contribution in [0.1, 0.15) is 0 Å². The normalized spacial score (nSPS) is 10.1. The molecule has 4 heteroatoms. The van der Waals surface area contributed by atoms with Crippen LogP contribution in [0.5, 0.6) is 0 Å². The number of hydrogen-bond acceptors (Lipinski definition) is 2. The fourth-order valence-corrected chi connectivity index (χ4v) is 1.88. The van der Waals surface area contributed by atoms with E-state index in [9.17, 15) is 4.79 Å². The van der Waals surface area contributed by atoms with Crippen molar-refractivity contribution >= 4 is 23.2 Å². The summed E-state index contributed by atoms with van der Waals surface area (Å²) in [6.45, 7) is 0.0987. The Morgan fingerprint density at radius 3 is 2.56 bits per heavy atom. The largest absolute Gasteiger partial charge is 0.376 e. The van der Waals surface area contributed by atoms with Gasteiger partial charge in [-0.05, 0) is 23.8 Å². The Kier molecular flexibility index (Phi) is 3.85. The molecule has 2 aromatic carbocycles. The predicted octanol–water partition coefficient (Wildman–Crippen LogP) is 2.90. The van der Waals surface area contributed by atoms with Gasteiger partial charge in [-0.25, -0.2) is 0 Å². The third kappa shape index (κ3) is 3.02. The summed E-state index contributed by atoms with van der Waals surface area (Å²) in [7, 11) is 0. The number of carbonyl (C=O) groups excluding carboxylic acids is 1. The average molecular weight is 261 g/mol. The second-order valence-electron chi connectivity index (χ2n) is 3.88.